The first kappa shape index (κ1) is 17.0. The van der Waals surface area contributed by atoms with Crippen LogP contribution in [0.4, 0.5) is 0 Å². The Kier molecular flexibility index (Phi) is 5.55. The summed E-state index contributed by atoms with van der Waals surface area (Å²) in [7, 11) is 1.61. The molecular formula is C15H19KN2O. The van der Waals surface area contributed by atoms with Crippen molar-refractivity contribution in [3.8, 4) is 0 Å². The summed E-state index contributed by atoms with van der Waals surface area (Å²) in [5, 5.41) is 9.75. The average Bonchev–Trinajstić information content (AvgIpc) is 2.36. The number of hydrogen-bond donors (Lipinski definition) is 0. The van der Waals surface area contributed by atoms with Gasteiger partial charge in [-0.15, -0.1) is 0 Å². The molecule has 1 heterocycles. The second kappa shape index (κ2) is 6.18. The zero-order valence-corrected chi connectivity index (χ0v) is 15.8. The molecule has 0 fully saturated rings. The Balaban J connectivity index is 0.00000180. The average molecular weight is 282 g/mol. The summed E-state index contributed by atoms with van der Waals surface area (Å²) in [6.45, 7) is 8.47. The predicted molar refractivity (Wildman–Crippen MR) is 76.0 cm³/mol. The van der Waals surface area contributed by atoms with Gasteiger partial charge in [0.1, 0.15) is 11.5 Å². The molecular weight excluding hydrogens is 263 g/mol. The molecule has 4 heteroatoms. The first-order chi connectivity index (χ1) is 8.42. The molecule has 3 nitrogen and oxygen atoms in total. The number of allylic oxidation sites excluding steroid dienone is 4. The molecule has 1 aliphatic heterocycles. The number of ether oxygens (including phenoxy) is 1. The van der Waals surface area contributed by atoms with Crippen LogP contribution in [0.25, 0.3) is 5.41 Å². The number of methoxy groups -OCH3 is 1. The third kappa shape index (κ3) is 2.88. The van der Waals surface area contributed by atoms with Crippen molar-refractivity contribution in [2.75, 3.05) is 7.11 Å². The zero-order chi connectivity index (χ0) is 13.5. The zero-order valence-electron chi connectivity index (χ0n) is 12.7. The van der Waals surface area contributed by atoms with Crippen molar-refractivity contribution in [3.63, 3.8) is 0 Å². The molecule has 0 spiro atoms. The standard InChI is InChI=1S/C15H19N2O.K/c1-6-15(4)10(3)9(2)12-7-11(16)8-13(18-5)14(12)17-15;/h7-8H,6H2,1-5H3;/q-1;+1. The van der Waals surface area contributed by atoms with E-state index < -0.39 is 0 Å². The van der Waals surface area contributed by atoms with Crippen LogP contribution >= 0.6 is 0 Å². The molecule has 0 aromatic rings. The van der Waals surface area contributed by atoms with E-state index in [0.717, 1.165) is 17.7 Å². The molecule has 0 aromatic carbocycles. The van der Waals surface area contributed by atoms with Crippen LogP contribution in [0.5, 0.6) is 0 Å². The normalized spacial score (nSPS) is 25.9. The maximum atomic E-state index is 9.75. The summed E-state index contributed by atoms with van der Waals surface area (Å²) in [5.41, 5.74) is 4.29. The maximum absolute atomic E-state index is 9.75. The third-order valence-electron chi connectivity index (χ3n) is 4.10. The minimum atomic E-state index is -0.179. The molecule has 0 N–H and O–H groups in total. The second-order valence-electron chi connectivity index (χ2n) is 5.03. The summed E-state index contributed by atoms with van der Waals surface area (Å²) in [5.74, 6) is 0.636. The van der Waals surface area contributed by atoms with Crippen LogP contribution in [-0.2, 0) is 4.74 Å². The summed E-state index contributed by atoms with van der Waals surface area (Å²) in [6.07, 6.45) is 4.32. The van der Waals surface area contributed by atoms with Gasteiger partial charge in [-0.2, -0.15) is 5.71 Å². The van der Waals surface area contributed by atoms with E-state index >= 15 is 0 Å². The van der Waals surface area contributed by atoms with E-state index in [2.05, 4.69) is 27.7 Å². The first-order valence-electron chi connectivity index (χ1n) is 6.25. The van der Waals surface area contributed by atoms with Crippen molar-refractivity contribution in [3.05, 3.63) is 40.0 Å². The minimum Gasteiger partial charge on any atom is -0.804 e. The van der Waals surface area contributed by atoms with E-state index in [4.69, 9.17) is 9.73 Å². The molecule has 1 aliphatic carbocycles. The summed E-state index contributed by atoms with van der Waals surface area (Å²) >= 11 is 0. The minimum absolute atomic E-state index is 0. The van der Waals surface area contributed by atoms with Crippen molar-refractivity contribution >= 4 is 11.4 Å². The van der Waals surface area contributed by atoms with Gasteiger partial charge in [0.2, 0.25) is 0 Å². The van der Waals surface area contributed by atoms with Crippen molar-refractivity contribution in [2.24, 2.45) is 4.99 Å². The molecule has 1 unspecified atom stereocenters. The number of hydrogen-bond acceptors (Lipinski definition) is 2. The SMILES string of the molecule is CCC1(C)N=C2C(OC)=CC(=[N-])C=C2C(C)=C1C.[K+]. The Morgan fingerprint density at radius 1 is 1.32 bits per heavy atom. The van der Waals surface area contributed by atoms with Crippen LogP contribution in [0, 0.1) is 0 Å². The molecule has 2 rings (SSSR count). The van der Waals surface area contributed by atoms with Gasteiger partial charge in [-0.3, -0.25) is 4.99 Å². The fourth-order valence-electron chi connectivity index (χ4n) is 2.43. The molecule has 0 saturated heterocycles. The topological polar surface area (TPSA) is 43.9 Å². The number of rotatable bonds is 2. The molecule has 0 amide bonds. The monoisotopic (exact) mass is 282 g/mol. The Bertz CT molecular complexity index is 540. The Morgan fingerprint density at radius 3 is 2.47 bits per heavy atom. The van der Waals surface area contributed by atoms with Crippen LogP contribution in [0.1, 0.15) is 34.1 Å². The van der Waals surface area contributed by atoms with Gasteiger partial charge in [-0.1, -0.05) is 13.0 Å². The molecule has 19 heavy (non-hydrogen) atoms. The second-order valence-corrected chi connectivity index (χ2v) is 5.03. The number of nitrogens with zero attached hydrogens (tertiary/aromatic N) is 2. The van der Waals surface area contributed by atoms with Crippen LogP contribution < -0.4 is 51.4 Å². The molecule has 0 bridgehead atoms. The quantitative estimate of drug-likeness (QED) is 0.535. The van der Waals surface area contributed by atoms with Crippen molar-refractivity contribution < 1.29 is 56.1 Å². The largest absolute Gasteiger partial charge is 1.00 e. The Morgan fingerprint density at radius 2 is 1.95 bits per heavy atom. The summed E-state index contributed by atoms with van der Waals surface area (Å²) in [6, 6.07) is 0. The molecule has 1 atom stereocenters. The van der Waals surface area contributed by atoms with Crippen molar-refractivity contribution in [1.29, 1.82) is 0 Å². The first-order valence-corrected chi connectivity index (χ1v) is 6.25. The molecule has 2 aliphatic rings. The van der Waals surface area contributed by atoms with E-state index in [-0.39, 0.29) is 62.6 Å². The van der Waals surface area contributed by atoms with Gasteiger partial charge >= 0.3 is 51.4 Å². The van der Waals surface area contributed by atoms with Crippen LogP contribution in [-0.4, -0.2) is 24.1 Å². The summed E-state index contributed by atoms with van der Waals surface area (Å²) < 4.78 is 5.34. The Labute approximate surface area is 157 Å². The van der Waals surface area contributed by atoms with Gasteiger partial charge in [0, 0.05) is 5.57 Å². The number of dihydropyridines is 1. The fourth-order valence-corrected chi connectivity index (χ4v) is 2.43. The summed E-state index contributed by atoms with van der Waals surface area (Å²) in [4.78, 5) is 4.85. The van der Waals surface area contributed by atoms with Crippen LogP contribution in [0.3, 0.4) is 0 Å². The molecule has 0 aromatic heterocycles. The molecule has 0 saturated carbocycles. The maximum Gasteiger partial charge on any atom is 1.00 e. The molecule has 0 radical (unpaired) electrons. The van der Waals surface area contributed by atoms with E-state index in [1.165, 1.54) is 11.1 Å². The number of fused-ring (bicyclic) bond motifs is 1. The predicted octanol–water partition coefficient (Wildman–Crippen LogP) is 0.431. The van der Waals surface area contributed by atoms with Crippen molar-refractivity contribution in [1.82, 2.24) is 0 Å². The van der Waals surface area contributed by atoms with E-state index in [1.807, 2.05) is 0 Å². The van der Waals surface area contributed by atoms with Gasteiger partial charge in [-0.25, -0.2) is 0 Å². The van der Waals surface area contributed by atoms with E-state index in [1.54, 1.807) is 19.3 Å². The van der Waals surface area contributed by atoms with Crippen LogP contribution in [0.2, 0.25) is 0 Å². The number of aliphatic imine (C=N–C) groups is 1. The van der Waals surface area contributed by atoms with Gasteiger partial charge in [0.05, 0.1) is 12.6 Å². The van der Waals surface area contributed by atoms with Crippen LogP contribution in [0.15, 0.2) is 39.6 Å². The van der Waals surface area contributed by atoms with Gasteiger partial charge in [0.25, 0.3) is 0 Å². The van der Waals surface area contributed by atoms with Gasteiger partial charge < -0.3 is 10.1 Å². The van der Waals surface area contributed by atoms with Gasteiger partial charge in [0.15, 0.2) is 0 Å². The Hall–Kier alpha value is -0.00364. The molecule has 96 valence electrons. The van der Waals surface area contributed by atoms with E-state index in [9.17, 15) is 5.41 Å². The smallest absolute Gasteiger partial charge is 0.804 e. The van der Waals surface area contributed by atoms with Crippen molar-refractivity contribution in [2.45, 2.75) is 39.7 Å². The third-order valence-corrected chi connectivity index (χ3v) is 4.10. The van der Waals surface area contributed by atoms with E-state index in [0.29, 0.717) is 5.76 Å². The fraction of sp³-hybridized carbons (Fsp3) is 0.467. The van der Waals surface area contributed by atoms with Gasteiger partial charge in [-0.05, 0) is 44.4 Å².